The topological polar surface area (TPSA) is 41.9 Å². The van der Waals surface area contributed by atoms with Crippen LogP contribution in [0.1, 0.15) is 42.4 Å². The number of fused-ring (bicyclic) bond motifs is 1. The Morgan fingerprint density at radius 3 is 2.17 bits per heavy atom. The van der Waals surface area contributed by atoms with Gasteiger partial charge in [-0.3, -0.25) is 0 Å². The number of hydrogen-bond acceptors (Lipinski definition) is 4. The summed E-state index contributed by atoms with van der Waals surface area (Å²) in [6, 6.07) is 14.5. The van der Waals surface area contributed by atoms with E-state index in [1.165, 1.54) is 16.7 Å². The predicted molar refractivity (Wildman–Crippen MR) is 123 cm³/mol. The van der Waals surface area contributed by atoms with E-state index >= 15 is 0 Å². The van der Waals surface area contributed by atoms with Crippen LogP contribution in [0.3, 0.4) is 0 Å². The molecule has 4 heteroatoms. The van der Waals surface area contributed by atoms with E-state index in [0.29, 0.717) is 0 Å². The minimum atomic E-state index is -0.597. The average molecular weight is 410 g/mol. The summed E-state index contributed by atoms with van der Waals surface area (Å²) in [5, 5.41) is 11.2. The van der Waals surface area contributed by atoms with E-state index in [0.717, 1.165) is 63.1 Å². The van der Waals surface area contributed by atoms with Gasteiger partial charge in [0.05, 0.1) is 19.8 Å². The Morgan fingerprint density at radius 2 is 1.60 bits per heavy atom. The first-order valence-corrected chi connectivity index (χ1v) is 10.9. The summed E-state index contributed by atoms with van der Waals surface area (Å²) in [4.78, 5) is 2.31. The van der Waals surface area contributed by atoms with Gasteiger partial charge in [-0.1, -0.05) is 42.5 Å². The Hall–Kier alpha value is -2.30. The summed E-state index contributed by atoms with van der Waals surface area (Å²) in [6.07, 6.45) is 9.54. The molecule has 0 aromatic heterocycles. The highest BCUT2D eigenvalue weighted by atomic mass is 16.5. The zero-order valence-electron chi connectivity index (χ0n) is 18.6. The molecule has 0 unspecified atom stereocenters. The Bertz CT molecular complexity index is 797. The molecule has 0 bridgehead atoms. The SMILES string of the molecule is COc1cc2c(cc1OC)CCC(O)(CCCN(C)CC=Cc1ccccc1)CC2. The molecule has 2 aromatic carbocycles. The number of nitrogens with zero attached hydrogens (tertiary/aromatic N) is 1. The third-order valence-electron chi connectivity index (χ3n) is 6.13. The summed E-state index contributed by atoms with van der Waals surface area (Å²) in [7, 11) is 5.48. The predicted octanol–water partition coefficient (Wildman–Crippen LogP) is 4.74. The number of likely N-dealkylation sites (N-methyl/N-ethyl adjacent to an activating group) is 1. The van der Waals surface area contributed by atoms with Crippen LogP contribution in [0.5, 0.6) is 11.5 Å². The van der Waals surface area contributed by atoms with Crippen molar-refractivity contribution in [3.63, 3.8) is 0 Å². The van der Waals surface area contributed by atoms with Gasteiger partial charge in [0.25, 0.3) is 0 Å². The van der Waals surface area contributed by atoms with E-state index in [-0.39, 0.29) is 0 Å². The molecule has 2 aromatic rings. The second kappa shape index (κ2) is 10.6. The largest absolute Gasteiger partial charge is 0.493 e. The smallest absolute Gasteiger partial charge is 0.161 e. The molecule has 0 radical (unpaired) electrons. The maximum absolute atomic E-state index is 11.2. The molecule has 0 saturated heterocycles. The van der Waals surface area contributed by atoms with Gasteiger partial charge >= 0.3 is 0 Å². The fraction of sp³-hybridized carbons (Fsp3) is 0.462. The van der Waals surface area contributed by atoms with Gasteiger partial charge in [-0.25, -0.2) is 0 Å². The summed E-state index contributed by atoms with van der Waals surface area (Å²) >= 11 is 0. The van der Waals surface area contributed by atoms with Crippen LogP contribution in [-0.2, 0) is 12.8 Å². The van der Waals surface area contributed by atoms with Crippen LogP contribution in [0.2, 0.25) is 0 Å². The van der Waals surface area contributed by atoms with Gasteiger partial charge in [0.1, 0.15) is 0 Å². The molecule has 0 amide bonds. The van der Waals surface area contributed by atoms with Gasteiger partial charge in [-0.15, -0.1) is 0 Å². The molecule has 30 heavy (non-hydrogen) atoms. The third kappa shape index (κ3) is 6.10. The fourth-order valence-electron chi connectivity index (χ4n) is 4.24. The van der Waals surface area contributed by atoms with Crippen molar-refractivity contribution in [3.8, 4) is 11.5 Å². The molecule has 0 spiro atoms. The first-order chi connectivity index (χ1) is 14.5. The van der Waals surface area contributed by atoms with Gasteiger partial charge in [0, 0.05) is 6.54 Å². The van der Waals surface area contributed by atoms with E-state index in [2.05, 4.69) is 60.5 Å². The standard InChI is InChI=1S/C26H35NO3/c1-27(17-7-11-21-9-5-4-6-10-21)18-8-14-26(28)15-12-22-19-24(29-2)25(30-3)20-23(22)13-16-26/h4-7,9-11,19-20,28H,8,12-18H2,1-3H3. The van der Waals surface area contributed by atoms with Crippen molar-refractivity contribution in [2.45, 2.75) is 44.1 Å². The van der Waals surface area contributed by atoms with E-state index in [1.807, 2.05) is 6.07 Å². The Kier molecular flexibility index (Phi) is 7.94. The van der Waals surface area contributed by atoms with Gasteiger partial charge < -0.3 is 19.5 Å². The van der Waals surface area contributed by atoms with Crippen molar-refractivity contribution in [2.24, 2.45) is 0 Å². The number of methoxy groups -OCH3 is 2. The molecule has 0 fully saturated rings. The van der Waals surface area contributed by atoms with Crippen LogP contribution in [0.25, 0.3) is 6.08 Å². The summed E-state index contributed by atoms with van der Waals surface area (Å²) in [6.45, 7) is 1.90. The van der Waals surface area contributed by atoms with Gasteiger partial charge in [-0.05, 0) is 80.9 Å². The van der Waals surface area contributed by atoms with Crippen molar-refractivity contribution in [1.29, 1.82) is 0 Å². The van der Waals surface area contributed by atoms with Crippen molar-refractivity contribution in [2.75, 3.05) is 34.4 Å². The van der Waals surface area contributed by atoms with Crippen molar-refractivity contribution in [1.82, 2.24) is 4.90 Å². The van der Waals surface area contributed by atoms with Crippen LogP contribution in [0.4, 0.5) is 0 Å². The quantitative estimate of drug-likeness (QED) is 0.608. The lowest BCUT2D eigenvalue weighted by Gasteiger charge is -2.27. The number of aliphatic hydroxyl groups is 1. The van der Waals surface area contributed by atoms with Crippen molar-refractivity contribution >= 4 is 6.08 Å². The van der Waals surface area contributed by atoms with E-state index < -0.39 is 5.60 Å². The van der Waals surface area contributed by atoms with Crippen LogP contribution < -0.4 is 9.47 Å². The van der Waals surface area contributed by atoms with Gasteiger partial charge in [0.2, 0.25) is 0 Å². The van der Waals surface area contributed by atoms with Crippen LogP contribution >= 0.6 is 0 Å². The first kappa shape index (κ1) is 22.4. The lowest BCUT2D eigenvalue weighted by Crippen LogP contribution is -2.30. The molecule has 0 heterocycles. The van der Waals surface area contributed by atoms with E-state index in [1.54, 1.807) is 14.2 Å². The van der Waals surface area contributed by atoms with Crippen LogP contribution in [0.15, 0.2) is 48.5 Å². The molecule has 1 N–H and O–H groups in total. The summed E-state index contributed by atoms with van der Waals surface area (Å²) in [5.41, 5.74) is 3.17. The molecule has 0 atom stereocenters. The molecular formula is C26H35NO3. The molecule has 1 aliphatic rings. The number of hydrogen-bond donors (Lipinski definition) is 1. The molecule has 3 rings (SSSR count). The van der Waals surface area contributed by atoms with Gasteiger partial charge in [-0.2, -0.15) is 0 Å². The highest BCUT2D eigenvalue weighted by molar-refractivity contribution is 5.49. The second-order valence-electron chi connectivity index (χ2n) is 8.38. The Balaban J connectivity index is 1.48. The highest BCUT2D eigenvalue weighted by Crippen LogP contribution is 2.37. The van der Waals surface area contributed by atoms with Gasteiger partial charge in [0.15, 0.2) is 11.5 Å². The average Bonchev–Trinajstić information content (AvgIpc) is 2.92. The monoisotopic (exact) mass is 409 g/mol. The highest BCUT2D eigenvalue weighted by Gasteiger charge is 2.30. The van der Waals surface area contributed by atoms with E-state index in [9.17, 15) is 5.11 Å². The number of rotatable bonds is 9. The van der Waals surface area contributed by atoms with Crippen LogP contribution in [0, 0.1) is 0 Å². The molecule has 4 nitrogen and oxygen atoms in total. The number of benzene rings is 2. The third-order valence-corrected chi connectivity index (χ3v) is 6.13. The molecule has 1 aliphatic carbocycles. The van der Waals surface area contributed by atoms with Crippen molar-refractivity contribution in [3.05, 3.63) is 65.2 Å². The number of ether oxygens (including phenoxy) is 2. The fourth-order valence-corrected chi connectivity index (χ4v) is 4.24. The van der Waals surface area contributed by atoms with Crippen molar-refractivity contribution < 1.29 is 14.6 Å². The Labute approximate surface area is 181 Å². The second-order valence-corrected chi connectivity index (χ2v) is 8.38. The zero-order valence-corrected chi connectivity index (χ0v) is 18.6. The lowest BCUT2D eigenvalue weighted by atomic mass is 9.89. The molecular weight excluding hydrogens is 374 g/mol. The zero-order chi connectivity index (χ0) is 21.4. The van der Waals surface area contributed by atoms with E-state index in [4.69, 9.17) is 9.47 Å². The maximum atomic E-state index is 11.2. The minimum Gasteiger partial charge on any atom is -0.493 e. The molecule has 0 saturated carbocycles. The number of aryl methyl sites for hydroxylation is 2. The summed E-state index contributed by atoms with van der Waals surface area (Å²) in [5.74, 6) is 1.54. The first-order valence-electron chi connectivity index (χ1n) is 10.9. The maximum Gasteiger partial charge on any atom is 0.161 e. The lowest BCUT2D eigenvalue weighted by molar-refractivity contribution is 0.0137. The summed E-state index contributed by atoms with van der Waals surface area (Å²) < 4.78 is 10.9. The minimum absolute atomic E-state index is 0.597. The van der Waals surface area contributed by atoms with Crippen LogP contribution in [-0.4, -0.2) is 50.0 Å². The molecule has 162 valence electrons. The normalized spacial score (nSPS) is 15.8. The Morgan fingerprint density at radius 1 is 1.00 bits per heavy atom. The molecule has 0 aliphatic heterocycles.